The number of hydrogen-bond acceptors (Lipinski definition) is 4. The first-order valence-electron chi connectivity index (χ1n) is 6.01. The maximum Gasteiger partial charge on any atom is 0.367 e. The van der Waals surface area contributed by atoms with Gasteiger partial charge >= 0.3 is 5.30 Å². The topological polar surface area (TPSA) is 26.3 Å². The molecule has 2 unspecified atom stereocenters. The molecule has 0 aliphatic heterocycles. The number of hydrogen-bond donors (Lipinski definition) is 1. The highest BCUT2D eigenvalue weighted by atomic mass is 32.2. The van der Waals surface area contributed by atoms with Gasteiger partial charge in [0.15, 0.2) is 0 Å². The lowest BCUT2D eigenvalue weighted by Crippen LogP contribution is -2.14. The molecule has 0 saturated carbocycles. The average Bonchev–Trinajstić information content (AvgIpc) is 2.38. The summed E-state index contributed by atoms with van der Waals surface area (Å²) in [5.41, 5.74) is 2.49. The highest BCUT2D eigenvalue weighted by molar-refractivity contribution is 8.12. The fourth-order valence-electron chi connectivity index (χ4n) is 1.85. The van der Waals surface area contributed by atoms with E-state index >= 15 is 0 Å². The van der Waals surface area contributed by atoms with Gasteiger partial charge in [0.05, 0.1) is 0 Å². The Labute approximate surface area is 119 Å². The highest BCUT2D eigenvalue weighted by Crippen LogP contribution is 2.23. The first-order valence-corrected chi connectivity index (χ1v) is 7.86. The van der Waals surface area contributed by atoms with Gasteiger partial charge in [-0.15, -0.1) is 0 Å². The van der Waals surface area contributed by atoms with Crippen molar-refractivity contribution in [3.63, 3.8) is 0 Å². The van der Waals surface area contributed by atoms with E-state index in [0.717, 1.165) is 23.9 Å². The molecule has 0 aliphatic rings. The van der Waals surface area contributed by atoms with Crippen molar-refractivity contribution in [2.45, 2.75) is 38.0 Å². The maximum absolute atomic E-state index is 11.2. The molecule has 0 spiro atoms. The van der Waals surface area contributed by atoms with Crippen LogP contribution in [0.4, 0.5) is 4.79 Å². The van der Waals surface area contributed by atoms with Crippen LogP contribution < -0.4 is 0 Å². The molecular weight excluding hydrogens is 264 g/mol. The van der Waals surface area contributed by atoms with E-state index in [9.17, 15) is 4.79 Å². The van der Waals surface area contributed by atoms with E-state index in [-0.39, 0.29) is 11.4 Å². The van der Waals surface area contributed by atoms with Gasteiger partial charge < -0.3 is 4.74 Å². The molecule has 0 aromatic heterocycles. The number of ether oxygens (including phenoxy) is 1. The summed E-state index contributed by atoms with van der Waals surface area (Å²) in [5, 5.41) is -0.208. The van der Waals surface area contributed by atoms with Crippen LogP contribution >= 0.6 is 24.4 Å². The second-order valence-electron chi connectivity index (χ2n) is 4.42. The van der Waals surface area contributed by atoms with Crippen molar-refractivity contribution in [2.75, 3.05) is 6.26 Å². The Morgan fingerprint density at radius 2 is 1.94 bits per heavy atom. The van der Waals surface area contributed by atoms with Gasteiger partial charge in [0.2, 0.25) is 0 Å². The minimum Gasteiger partial charge on any atom is -0.455 e. The van der Waals surface area contributed by atoms with Crippen molar-refractivity contribution < 1.29 is 9.53 Å². The third-order valence-corrected chi connectivity index (χ3v) is 3.68. The summed E-state index contributed by atoms with van der Waals surface area (Å²) in [6.45, 7) is 4.09. The second kappa shape index (κ2) is 7.74. The maximum atomic E-state index is 11.2. The van der Waals surface area contributed by atoms with Gasteiger partial charge in [-0.25, -0.2) is 4.79 Å². The van der Waals surface area contributed by atoms with Gasteiger partial charge in [-0.3, -0.25) is 0 Å². The van der Waals surface area contributed by atoms with Crippen molar-refractivity contribution >= 4 is 29.7 Å². The third-order valence-electron chi connectivity index (χ3n) is 2.88. The molecule has 1 aromatic rings. The molecular formula is C14H20O2S2. The van der Waals surface area contributed by atoms with Crippen molar-refractivity contribution in [3.05, 3.63) is 35.4 Å². The molecule has 0 aliphatic carbocycles. The van der Waals surface area contributed by atoms with Crippen molar-refractivity contribution in [1.29, 1.82) is 0 Å². The highest BCUT2D eigenvalue weighted by Gasteiger charge is 2.14. The number of rotatable bonds is 5. The minimum atomic E-state index is -0.208. The van der Waals surface area contributed by atoms with Gasteiger partial charge in [0.1, 0.15) is 6.10 Å². The Hall–Kier alpha value is -0.610. The summed E-state index contributed by atoms with van der Waals surface area (Å²) >= 11 is 5.35. The fraction of sp³-hybridized carbons (Fsp3) is 0.500. The molecule has 4 heteroatoms. The second-order valence-corrected chi connectivity index (χ2v) is 5.48. The third kappa shape index (κ3) is 4.94. The Morgan fingerprint density at radius 3 is 2.44 bits per heavy atom. The Morgan fingerprint density at radius 1 is 1.33 bits per heavy atom. The molecule has 100 valence electrons. The van der Waals surface area contributed by atoms with Crippen molar-refractivity contribution in [1.82, 2.24) is 0 Å². The minimum absolute atomic E-state index is 0.0514. The standard InChI is InChI=1S/C14H20O2S2/c1-10(8-11(2)16-14(15)18-3)13-6-4-12(9-17)5-7-13/h4-7,10-11,17H,8-9H2,1-3H3. The zero-order valence-corrected chi connectivity index (χ0v) is 12.8. The molecule has 0 heterocycles. The molecule has 0 bridgehead atoms. The molecule has 2 nitrogen and oxygen atoms in total. The summed E-state index contributed by atoms with van der Waals surface area (Å²) in [6.07, 6.45) is 2.52. The number of thiol groups is 1. The number of thioether (sulfide) groups is 1. The first kappa shape index (κ1) is 15.4. The van der Waals surface area contributed by atoms with Crippen LogP contribution in [0.1, 0.15) is 37.3 Å². The molecule has 0 saturated heterocycles. The van der Waals surface area contributed by atoms with Gasteiger partial charge in [-0.1, -0.05) is 31.2 Å². The van der Waals surface area contributed by atoms with Crippen LogP contribution in [-0.4, -0.2) is 17.7 Å². The van der Waals surface area contributed by atoms with E-state index in [2.05, 4.69) is 43.8 Å². The van der Waals surface area contributed by atoms with E-state index in [0.29, 0.717) is 5.92 Å². The summed E-state index contributed by atoms with van der Waals surface area (Å²) in [7, 11) is 0. The van der Waals surface area contributed by atoms with Gasteiger partial charge in [-0.2, -0.15) is 12.6 Å². The van der Waals surface area contributed by atoms with Crippen LogP contribution in [0.25, 0.3) is 0 Å². The van der Waals surface area contributed by atoms with Crippen molar-refractivity contribution in [3.8, 4) is 0 Å². The largest absolute Gasteiger partial charge is 0.455 e. The number of benzene rings is 1. The first-order chi connectivity index (χ1) is 8.56. The van der Waals surface area contributed by atoms with E-state index in [4.69, 9.17) is 4.74 Å². The quantitative estimate of drug-likeness (QED) is 0.637. The molecule has 0 fully saturated rings. The molecule has 0 amide bonds. The molecule has 0 N–H and O–H groups in total. The Bertz CT molecular complexity index is 376. The fourth-order valence-corrected chi connectivity index (χ4v) is 2.32. The molecule has 0 radical (unpaired) electrons. The molecule has 1 rings (SSSR count). The van der Waals surface area contributed by atoms with Crippen LogP contribution in [0.5, 0.6) is 0 Å². The average molecular weight is 284 g/mol. The molecule has 2 atom stereocenters. The van der Waals surface area contributed by atoms with Crippen molar-refractivity contribution in [2.24, 2.45) is 0 Å². The predicted molar refractivity (Wildman–Crippen MR) is 81.6 cm³/mol. The van der Waals surface area contributed by atoms with E-state index in [1.807, 2.05) is 6.92 Å². The van der Waals surface area contributed by atoms with Crippen LogP contribution in [0.15, 0.2) is 24.3 Å². The zero-order chi connectivity index (χ0) is 13.5. The van der Waals surface area contributed by atoms with Gasteiger partial charge in [0.25, 0.3) is 0 Å². The van der Waals surface area contributed by atoms with Crippen LogP contribution in [0.3, 0.4) is 0 Å². The summed E-state index contributed by atoms with van der Waals surface area (Å²) in [6, 6.07) is 8.44. The SMILES string of the molecule is CSC(=O)OC(C)CC(C)c1ccc(CS)cc1. The lowest BCUT2D eigenvalue weighted by molar-refractivity contribution is 0.124. The zero-order valence-electron chi connectivity index (χ0n) is 11.1. The molecule has 1 aromatic carbocycles. The smallest absolute Gasteiger partial charge is 0.367 e. The summed E-state index contributed by atoms with van der Waals surface area (Å²) in [4.78, 5) is 11.2. The normalized spacial score (nSPS) is 14.0. The lowest BCUT2D eigenvalue weighted by Gasteiger charge is -2.18. The number of carbonyl (C=O) groups excluding carboxylic acids is 1. The summed E-state index contributed by atoms with van der Waals surface area (Å²) < 4.78 is 5.25. The van der Waals surface area contributed by atoms with Crippen LogP contribution in [0.2, 0.25) is 0 Å². The Kier molecular flexibility index (Phi) is 6.65. The van der Waals surface area contributed by atoms with Gasteiger partial charge in [-0.05, 0) is 48.4 Å². The predicted octanol–water partition coefficient (Wildman–Crippen LogP) is 4.50. The monoisotopic (exact) mass is 284 g/mol. The Balaban J connectivity index is 2.53. The summed E-state index contributed by atoms with van der Waals surface area (Å²) in [5.74, 6) is 1.14. The van der Waals surface area contributed by atoms with Crippen LogP contribution in [-0.2, 0) is 10.5 Å². The molecule has 18 heavy (non-hydrogen) atoms. The number of carbonyl (C=O) groups is 1. The van der Waals surface area contributed by atoms with E-state index in [1.165, 1.54) is 11.1 Å². The lowest BCUT2D eigenvalue weighted by atomic mass is 9.95. The van der Waals surface area contributed by atoms with Crippen LogP contribution in [0, 0.1) is 0 Å². The van der Waals surface area contributed by atoms with E-state index in [1.54, 1.807) is 6.26 Å². The van der Waals surface area contributed by atoms with E-state index < -0.39 is 0 Å². The van der Waals surface area contributed by atoms with Gasteiger partial charge in [0, 0.05) is 5.75 Å².